The second-order valence-electron chi connectivity index (χ2n) is 5.59. The van der Waals surface area contributed by atoms with Crippen molar-refractivity contribution in [2.24, 2.45) is 0 Å². The zero-order chi connectivity index (χ0) is 17.6. The summed E-state index contributed by atoms with van der Waals surface area (Å²) in [5.74, 6) is 0.218. The molecule has 0 aliphatic heterocycles. The Morgan fingerprint density at radius 1 is 1.08 bits per heavy atom. The molecule has 0 unspecified atom stereocenters. The van der Waals surface area contributed by atoms with Gasteiger partial charge in [-0.15, -0.1) is 0 Å². The van der Waals surface area contributed by atoms with E-state index in [0.29, 0.717) is 23.3 Å². The molecule has 0 radical (unpaired) electrons. The van der Waals surface area contributed by atoms with Gasteiger partial charge in [0.25, 0.3) is 5.56 Å². The first-order valence-electron chi connectivity index (χ1n) is 8.03. The number of unbranched alkanes of at least 4 members (excludes halogenated alkanes) is 1. The van der Waals surface area contributed by atoms with Crippen LogP contribution < -0.4 is 10.3 Å². The summed E-state index contributed by atoms with van der Waals surface area (Å²) >= 11 is 3.34. The average molecular weight is 401 g/mol. The van der Waals surface area contributed by atoms with E-state index >= 15 is 0 Å². The molecule has 0 saturated carbocycles. The molecule has 25 heavy (non-hydrogen) atoms. The highest BCUT2D eigenvalue weighted by atomic mass is 79.9. The van der Waals surface area contributed by atoms with E-state index in [9.17, 15) is 9.59 Å². The van der Waals surface area contributed by atoms with Crippen molar-refractivity contribution in [2.75, 3.05) is 5.33 Å². The van der Waals surface area contributed by atoms with Crippen molar-refractivity contribution in [3.8, 4) is 17.0 Å². The summed E-state index contributed by atoms with van der Waals surface area (Å²) < 4.78 is 5.40. The van der Waals surface area contributed by atoms with Gasteiger partial charge in [0, 0.05) is 22.7 Å². The number of benzene rings is 2. The first kappa shape index (κ1) is 17.4. The lowest BCUT2D eigenvalue weighted by atomic mass is 10.1. The van der Waals surface area contributed by atoms with Crippen LogP contribution in [0.1, 0.15) is 19.3 Å². The number of rotatable bonds is 6. The van der Waals surface area contributed by atoms with Gasteiger partial charge in [-0.05, 0) is 31.0 Å². The average Bonchev–Trinajstić information content (AvgIpc) is 2.63. The van der Waals surface area contributed by atoms with Crippen molar-refractivity contribution in [3.05, 3.63) is 58.9 Å². The summed E-state index contributed by atoms with van der Waals surface area (Å²) in [7, 11) is 0. The molecule has 0 aliphatic rings. The molecule has 128 valence electrons. The normalized spacial score (nSPS) is 10.8. The van der Waals surface area contributed by atoms with Crippen LogP contribution in [0.2, 0.25) is 0 Å². The van der Waals surface area contributed by atoms with Gasteiger partial charge >= 0.3 is 5.97 Å². The highest BCUT2D eigenvalue weighted by molar-refractivity contribution is 9.09. The van der Waals surface area contributed by atoms with E-state index in [1.54, 1.807) is 24.3 Å². The number of fused-ring (bicyclic) bond motifs is 1. The number of carbonyl (C=O) groups is 1. The second-order valence-corrected chi connectivity index (χ2v) is 6.39. The number of H-pyrrole nitrogens is 1. The molecule has 1 aromatic heterocycles. The molecule has 0 spiro atoms. The molecule has 3 aromatic rings. The van der Waals surface area contributed by atoms with Gasteiger partial charge in [-0.1, -0.05) is 46.3 Å². The van der Waals surface area contributed by atoms with Gasteiger partial charge in [-0.3, -0.25) is 9.59 Å². The van der Waals surface area contributed by atoms with Crippen molar-refractivity contribution in [1.29, 1.82) is 0 Å². The standard InChI is InChI=1S/C19H17BrN2O3/c20-11-4-3-10-17(23)25-14-7-5-6-13(12-14)18-15-8-1-2-9-16(15)19(24)22-21-18/h1-2,5-9,12H,3-4,10-11H2,(H,22,24). The lowest BCUT2D eigenvalue weighted by molar-refractivity contribution is -0.134. The summed E-state index contributed by atoms with van der Waals surface area (Å²) in [5, 5.41) is 8.90. The Morgan fingerprint density at radius 2 is 1.88 bits per heavy atom. The smallest absolute Gasteiger partial charge is 0.311 e. The Labute approximate surface area is 153 Å². The third-order valence-electron chi connectivity index (χ3n) is 3.80. The van der Waals surface area contributed by atoms with Crippen molar-refractivity contribution >= 4 is 32.7 Å². The summed E-state index contributed by atoms with van der Waals surface area (Å²) in [6.07, 6.45) is 2.11. The van der Waals surface area contributed by atoms with Gasteiger partial charge in [0.15, 0.2) is 0 Å². The molecule has 3 rings (SSSR count). The van der Waals surface area contributed by atoms with Crippen LogP contribution in [-0.2, 0) is 4.79 Å². The molecule has 0 aliphatic carbocycles. The van der Waals surface area contributed by atoms with Crippen LogP contribution in [0.4, 0.5) is 0 Å². The number of esters is 1. The van der Waals surface area contributed by atoms with E-state index in [2.05, 4.69) is 26.1 Å². The van der Waals surface area contributed by atoms with E-state index in [1.165, 1.54) is 0 Å². The van der Waals surface area contributed by atoms with E-state index < -0.39 is 0 Å². The zero-order valence-corrected chi connectivity index (χ0v) is 15.1. The van der Waals surface area contributed by atoms with Crippen LogP contribution >= 0.6 is 15.9 Å². The van der Waals surface area contributed by atoms with Gasteiger partial charge in [0.05, 0.1) is 11.1 Å². The minimum absolute atomic E-state index is 0.228. The number of ether oxygens (including phenoxy) is 1. The number of hydrogen-bond acceptors (Lipinski definition) is 4. The van der Waals surface area contributed by atoms with E-state index in [-0.39, 0.29) is 11.5 Å². The largest absolute Gasteiger partial charge is 0.427 e. The number of nitrogens with one attached hydrogen (secondary N) is 1. The molecule has 0 atom stereocenters. The van der Waals surface area contributed by atoms with Crippen LogP contribution in [-0.4, -0.2) is 21.5 Å². The lowest BCUT2D eigenvalue weighted by Crippen LogP contribution is -2.09. The number of hydrogen-bond donors (Lipinski definition) is 1. The van der Waals surface area contributed by atoms with Crippen LogP contribution in [0.5, 0.6) is 5.75 Å². The molecule has 0 fully saturated rings. The lowest BCUT2D eigenvalue weighted by Gasteiger charge is -2.08. The highest BCUT2D eigenvalue weighted by Crippen LogP contribution is 2.27. The van der Waals surface area contributed by atoms with Crippen LogP contribution in [0.15, 0.2) is 53.3 Å². The fourth-order valence-electron chi connectivity index (χ4n) is 2.59. The number of alkyl halides is 1. The first-order chi connectivity index (χ1) is 12.2. The molecule has 0 bridgehead atoms. The fourth-order valence-corrected chi connectivity index (χ4v) is 2.98. The van der Waals surface area contributed by atoms with Crippen LogP contribution in [0.3, 0.4) is 0 Å². The second kappa shape index (κ2) is 8.07. The molecule has 0 saturated heterocycles. The van der Waals surface area contributed by atoms with Gasteiger partial charge in [-0.2, -0.15) is 5.10 Å². The molecule has 5 nitrogen and oxygen atoms in total. The number of carbonyl (C=O) groups excluding carboxylic acids is 1. The van der Waals surface area contributed by atoms with Gasteiger partial charge in [0.1, 0.15) is 5.75 Å². The van der Waals surface area contributed by atoms with Crippen molar-refractivity contribution in [2.45, 2.75) is 19.3 Å². The number of aromatic nitrogens is 2. The maximum Gasteiger partial charge on any atom is 0.311 e. The summed E-state index contributed by atoms with van der Waals surface area (Å²) in [5.41, 5.74) is 1.19. The minimum atomic E-state index is -0.252. The van der Waals surface area contributed by atoms with Gasteiger partial charge < -0.3 is 4.74 Å². The number of aromatic amines is 1. The van der Waals surface area contributed by atoms with Crippen molar-refractivity contribution < 1.29 is 9.53 Å². The SMILES string of the molecule is O=C(CCCCBr)Oc1cccc(-c2n[nH]c(=O)c3ccccc23)c1. The Morgan fingerprint density at radius 3 is 2.68 bits per heavy atom. The summed E-state index contributed by atoms with van der Waals surface area (Å²) in [4.78, 5) is 23.8. The maximum absolute atomic E-state index is 11.9. The minimum Gasteiger partial charge on any atom is -0.427 e. The highest BCUT2D eigenvalue weighted by Gasteiger charge is 2.10. The van der Waals surface area contributed by atoms with Crippen molar-refractivity contribution in [1.82, 2.24) is 10.2 Å². The predicted octanol–water partition coefficient (Wildman–Crippen LogP) is 4.06. The van der Waals surface area contributed by atoms with Gasteiger partial charge in [0.2, 0.25) is 0 Å². The van der Waals surface area contributed by atoms with E-state index in [0.717, 1.165) is 29.1 Å². The Bertz CT molecular complexity index is 953. The number of halogens is 1. The Hall–Kier alpha value is -2.47. The number of nitrogens with zero attached hydrogens (tertiary/aromatic N) is 1. The third-order valence-corrected chi connectivity index (χ3v) is 4.36. The van der Waals surface area contributed by atoms with E-state index in [1.807, 2.05) is 24.3 Å². The molecule has 1 heterocycles. The van der Waals surface area contributed by atoms with Gasteiger partial charge in [-0.25, -0.2) is 5.10 Å². The summed E-state index contributed by atoms with van der Waals surface area (Å²) in [6, 6.07) is 14.5. The predicted molar refractivity (Wildman–Crippen MR) is 101 cm³/mol. The first-order valence-corrected chi connectivity index (χ1v) is 9.15. The Balaban J connectivity index is 1.89. The molecular formula is C19H17BrN2O3. The molecular weight excluding hydrogens is 384 g/mol. The summed E-state index contributed by atoms with van der Waals surface area (Å²) in [6.45, 7) is 0. The van der Waals surface area contributed by atoms with E-state index in [4.69, 9.17) is 4.74 Å². The molecule has 2 aromatic carbocycles. The quantitative estimate of drug-likeness (QED) is 0.293. The third kappa shape index (κ3) is 4.14. The topological polar surface area (TPSA) is 72.0 Å². The molecule has 1 N–H and O–H groups in total. The molecule has 0 amide bonds. The van der Waals surface area contributed by atoms with Crippen LogP contribution in [0, 0.1) is 0 Å². The molecule has 6 heteroatoms. The zero-order valence-electron chi connectivity index (χ0n) is 13.5. The fraction of sp³-hybridized carbons (Fsp3) is 0.211. The monoisotopic (exact) mass is 400 g/mol. The Kier molecular flexibility index (Phi) is 5.60. The maximum atomic E-state index is 11.9. The van der Waals surface area contributed by atoms with Crippen molar-refractivity contribution in [3.63, 3.8) is 0 Å². The van der Waals surface area contributed by atoms with Crippen LogP contribution in [0.25, 0.3) is 22.0 Å².